The Morgan fingerprint density at radius 3 is 2.65 bits per heavy atom. The van der Waals surface area contributed by atoms with Crippen molar-refractivity contribution in [3.8, 4) is 0 Å². The molecule has 2 rings (SSSR count). The van der Waals surface area contributed by atoms with Gasteiger partial charge < -0.3 is 4.90 Å². The summed E-state index contributed by atoms with van der Waals surface area (Å²) in [5, 5.41) is 10.9. The van der Waals surface area contributed by atoms with Crippen LogP contribution in [0.25, 0.3) is 0 Å². The molecule has 17 heavy (non-hydrogen) atoms. The smallest absolute Gasteiger partial charge is 0.292 e. The molecule has 1 heterocycles. The lowest BCUT2D eigenvalue weighted by Crippen LogP contribution is -2.33. The molecule has 5 heteroatoms. The van der Waals surface area contributed by atoms with Gasteiger partial charge >= 0.3 is 0 Å². The molecule has 0 spiro atoms. The van der Waals surface area contributed by atoms with Crippen molar-refractivity contribution in [1.29, 1.82) is 0 Å². The molecular formula is C12H15FN2O2. The van der Waals surface area contributed by atoms with Crippen molar-refractivity contribution in [1.82, 2.24) is 0 Å². The van der Waals surface area contributed by atoms with E-state index in [2.05, 4.69) is 6.92 Å². The number of rotatable bonds is 2. The van der Waals surface area contributed by atoms with E-state index in [9.17, 15) is 14.5 Å². The Kier molecular flexibility index (Phi) is 3.26. The molecular weight excluding hydrogens is 223 g/mol. The van der Waals surface area contributed by atoms with Gasteiger partial charge in [0.05, 0.1) is 4.92 Å². The van der Waals surface area contributed by atoms with Gasteiger partial charge in [-0.2, -0.15) is 0 Å². The molecule has 0 atom stereocenters. The highest BCUT2D eigenvalue weighted by Gasteiger charge is 2.23. The minimum absolute atomic E-state index is 0.0130. The summed E-state index contributed by atoms with van der Waals surface area (Å²) in [5.41, 5.74) is 0.392. The molecule has 1 fully saturated rings. The van der Waals surface area contributed by atoms with Gasteiger partial charge in [-0.3, -0.25) is 10.1 Å². The monoisotopic (exact) mass is 238 g/mol. The van der Waals surface area contributed by atoms with Crippen molar-refractivity contribution in [3.05, 3.63) is 34.1 Å². The van der Waals surface area contributed by atoms with Gasteiger partial charge in [0, 0.05) is 25.2 Å². The first-order valence-electron chi connectivity index (χ1n) is 5.77. The number of piperidine rings is 1. The third-order valence-corrected chi connectivity index (χ3v) is 3.26. The van der Waals surface area contributed by atoms with E-state index >= 15 is 0 Å². The van der Waals surface area contributed by atoms with Crippen LogP contribution >= 0.6 is 0 Å². The second-order valence-corrected chi connectivity index (χ2v) is 4.56. The summed E-state index contributed by atoms with van der Waals surface area (Å²) in [6.45, 7) is 3.67. The van der Waals surface area contributed by atoms with Crippen molar-refractivity contribution in [3.63, 3.8) is 0 Å². The molecule has 0 saturated carbocycles. The normalized spacial score (nSPS) is 17.2. The number of nitro benzene ring substituents is 1. The highest BCUT2D eigenvalue weighted by atomic mass is 19.1. The lowest BCUT2D eigenvalue weighted by Gasteiger charge is -2.31. The van der Waals surface area contributed by atoms with E-state index in [0.717, 1.165) is 32.0 Å². The van der Waals surface area contributed by atoms with Crippen LogP contribution in [0, 0.1) is 21.8 Å². The fourth-order valence-electron chi connectivity index (χ4n) is 2.15. The molecule has 1 aliphatic heterocycles. The molecule has 92 valence electrons. The second kappa shape index (κ2) is 4.69. The maximum absolute atomic E-state index is 13.2. The molecule has 0 radical (unpaired) electrons. The Hall–Kier alpha value is -1.65. The number of nitro groups is 1. The molecule has 1 aliphatic rings. The van der Waals surface area contributed by atoms with Gasteiger partial charge in [-0.15, -0.1) is 0 Å². The average molecular weight is 238 g/mol. The first-order chi connectivity index (χ1) is 8.08. The summed E-state index contributed by atoms with van der Waals surface area (Å²) in [7, 11) is 0. The summed E-state index contributed by atoms with van der Waals surface area (Å²) in [6.07, 6.45) is 1.99. The van der Waals surface area contributed by atoms with Gasteiger partial charge in [0.15, 0.2) is 0 Å². The first kappa shape index (κ1) is 11.8. The second-order valence-electron chi connectivity index (χ2n) is 4.56. The van der Waals surface area contributed by atoms with Gasteiger partial charge in [0.1, 0.15) is 11.5 Å². The van der Waals surface area contributed by atoms with Crippen molar-refractivity contribution < 1.29 is 9.31 Å². The van der Waals surface area contributed by atoms with Crippen molar-refractivity contribution in [2.75, 3.05) is 18.0 Å². The highest BCUT2D eigenvalue weighted by Crippen LogP contribution is 2.31. The number of halogens is 1. The van der Waals surface area contributed by atoms with Crippen LogP contribution in [-0.2, 0) is 0 Å². The Morgan fingerprint density at radius 2 is 2.06 bits per heavy atom. The van der Waals surface area contributed by atoms with E-state index in [1.807, 2.05) is 4.90 Å². The summed E-state index contributed by atoms with van der Waals surface area (Å²) in [5.74, 6) is 0.211. The third kappa shape index (κ3) is 2.54. The molecule has 0 unspecified atom stereocenters. The molecule has 0 bridgehead atoms. The largest absolute Gasteiger partial charge is 0.366 e. The van der Waals surface area contributed by atoms with Crippen molar-refractivity contribution in [2.45, 2.75) is 19.8 Å². The fourth-order valence-corrected chi connectivity index (χ4v) is 2.15. The summed E-state index contributed by atoms with van der Waals surface area (Å²) in [4.78, 5) is 12.3. The van der Waals surface area contributed by atoms with Crippen LogP contribution < -0.4 is 4.90 Å². The molecule has 0 N–H and O–H groups in total. The maximum Gasteiger partial charge on any atom is 0.292 e. The van der Waals surface area contributed by atoms with E-state index in [-0.39, 0.29) is 5.69 Å². The number of nitrogens with zero attached hydrogens (tertiary/aromatic N) is 2. The zero-order chi connectivity index (χ0) is 12.4. The standard InChI is InChI=1S/C12H15FN2O2/c1-9-4-6-14(7-5-9)12-8-10(13)2-3-11(12)15(16)17/h2-3,8-9H,4-7H2,1H3. The molecule has 0 amide bonds. The van der Waals surface area contributed by atoms with Crippen LogP contribution in [0.4, 0.5) is 15.8 Å². The predicted octanol–water partition coefficient (Wildman–Crippen LogP) is 2.97. The summed E-state index contributed by atoms with van der Waals surface area (Å²) < 4.78 is 13.2. The average Bonchev–Trinajstić information content (AvgIpc) is 2.29. The van der Waals surface area contributed by atoms with Crippen LogP contribution in [0.5, 0.6) is 0 Å². The lowest BCUT2D eigenvalue weighted by atomic mass is 9.98. The predicted molar refractivity (Wildman–Crippen MR) is 63.7 cm³/mol. The summed E-state index contributed by atoms with van der Waals surface area (Å²) >= 11 is 0. The molecule has 1 saturated heterocycles. The van der Waals surface area contributed by atoms with E-state index in [4.69, 9.17) is 0 Å². The number of hydrogen-bond acceptors (Lipinski definition) is 3. The van der Waals surface area contributed by atoms with Crippen LogP contribution in [-0.4, -0.2) is 18.0 Å². The Morgan fingerprint density at radius 1 is 1.41 bits per heavy atom. The quantitative estimate of drug-likeness (QED) is 0.587. The van der Waals surface area contributed by atoms with E-state index in [1.165, 1.54) is 12.1 Å². The maximum atomic E-state index is 13.2. The molecule has 1 aromatic rings. The van der Waals surface area contributed by atoms with E-state index < -0.39 is 10.7 Å². The highest BCUT2D eigenvalue weighted by molar-refractivity contribution is 5.63. The number of anilines is 1. The zero-order valence-corrected chi connectivity index (χ0v) is 9.73. The van der Waals surface area contributed by atoms with Gasteiger partial charge in [-0.1, -0.05) is 6.92 Å². The van der Waals surface area contributed by atoms with Gasteiger partial charge in [0.25, 0.3) is 5.69 Å². The minimum Gasteiger partial charge on any atom is -0.366 e. The van der Waals surface area contributed by atoms with Crippen LogP contribution in [0.1, 0.15) is 19.8 Å². The first-order valence-corrected chi connectivity index (χ1v) is 5.77. The SMILES string of the molecule is CC1CCN(c2cc(F)ccc2[N+](=O)[O-])CC1. The van der Waals surface area contributed by atoms with Gasteiger partial charge in [-0.05, 0) is 24.8 Å². The fraction of sp³-hybridized carbons (Fsp3) is 0.500. The zero-order valence-electron chi connectivity index (χ0n) is 9.73. The minimum atomic E-state index is -0.452. The Labute approximate surface area is 99.2 Å². The van der Waals surface area contributed by atoms with Crippen LogP contribution in [0.3, 0.4) is 0 Å². The van der Waals surface area contributed by atoms with E-state index in [1.54, 1.807) is 0 Å². The van der Waals surface area contributed by atoms with E-state index in [0.29, 0.717) is 11.6 Å². The van der Waals surface area contributed by atoms with Gasteiger partial charge in [-0.25, -0.2) is 4.39 Å². The summed E-state index contributed by atoms with van der Waals surface area (Å²) in [6, 6.07) is 3.63. The lowest BCUT2D eigenvalue weighted by molar-refractivity contribution is -0.384. The number of hydrogen-bond donors (Lipinski definition) is 0. The van der Waals surface area contributed by atoms with Crippen LogP contribution in [0.15, 0.2) is 18.2 Å². The van der Waals surface area contributed by atoms with Crippen molar-refractivity contribution in [2.24, 2.45) is 5.92 Å². The Bertz CT molecular complexity index is 429. The molecule has 1 aromatic carbocycles. The van der Waals surface area contributed by atoms with Gasteiger partial charge in [0.2, 0.25) is 0 Å². The topological polar surface area (TPSA) is 46.4 Å². The molecule has 0 aliphatic carbocycles. The van der Waals surface area contributed by atoms with Crippen molar-refractivity contribution >= 4 is 11.4 Å². The van der Waals surface area contributed by atoms with Crippen LogP contribution in [0.2, 0.25) is 0 Å². The number of benzene rings is 1. The third-order valence-electron chi connectivity index (χ3n) is 3.26. The Balaban J connectivity index is 2.30. The molecule has 4 nitrogen and oxygen atoms in total. The molecule has 0 aromatic heterocycles.